The zero-order valence-electron chi connectivity index (χ0n) is 18.9. The summed E-state index contributed by atoms with van der Waals surface area (Å²) in [6.07, 6.45) is 8.19. The van der Waals surface area contributed by atoms with Crippen LogP contribution in [0.2, 0.25) is 0 Å². The van der Waals surface area contributed by atoms with Gasteiger partial charge < -0.3 is 24.8 Å². The Morgan fingerprint density at radius 2 is 1.33 bits per heavy atom. The van der Waals surface area contributed by atoms with Gasteiger partial charge in [-0.15, -0.1) is 0 Å². The van der Waals surface area contributed by atoms with Gasteiger partial charge in [-0.05, 0) is 0 Å². The Hall–Kier alpha value is -0.916. The van der Waals surface area contributed by atoms with Crippen LogP contribution in [-0.2, 0) is 17.4 Å². The van der Waals surface area contributed by atoms with Crippen molar-refractivity contribution in [3.63, 3.8) is 0 Å². The van der Waals surface area contributed by atoms with Crippen LogP contribution in [0.1, 0.15) is 86.3 Å². The van der Waals surface area contributed by atoms with Crippen LogP contribution >= 0.6 is 0 Å². The third-order valence-corrected chi connectivity index (χ3v) is 11.6. The van der Waals surface area contributed by atoms with Crippen molar-refractivity contribution >= 4 is 3.81 Å². The molecule has 3 heteroatoms. The van der Waals surface area contributed by atoms with Crippen molar-refractivity contribution in [2.24, 2.45) is 0 Å². The minimum absolute atomic E-state index is 0. The quantitative estimate of drug-likeness (QED) is 0.591. The van der Waals surface area contributed by atoms with Crippen molar-refractivity contribution in [2.75, 3.05) is 0 Å². The van der Waals surface area contributed by atoms with Crippen LogP contribution < -0.4 is 24.8 Å². The molecule has 30 heavy (non-hydrogen) atoms. The fraction of sp³-hybridized carbons (Fsp3) is 0.370. The van der Waals surface area contributed by atoms with E-state index in [9.17, 15) is 0 Å². The third-order valence-electron chi connectivity index (χ3n) is 6.34. The van der Waals surface area contributed by atoms with Crippen LogP contribution in [0.5, 0.6) is 0 Å². The van der Waals surface area contributed by atoms with Gasteiger partial charge in [-0.1, -0.05) is 0 Å². The van der Waals surface area contributed by atoms with Crippen molar-refractivity contribution in [2.45, 2.75) is 64.0 Å². The molecular weight excluding hydrogens is 443 g/mol. The van der Waals surface area contributed by atoms with Crippen LogP contribution in [0.25, 0.3) is 11.1 Å². The number of halogens is 2. The number of allylic oxidation sites excluding steroid dienone is 4. The minimum Gasteiger partial charge on any atom is -1.00 e. The summed E-state index contributed by atoms with van der Waals surface area (Å²) in [6, 6.07) is 14.7. The summed E-state index contributed by atoms with van der Waals surface area (Å²) in [6.45, 7) is 14.0. The summed E-state index contributed by atoms with van der Waals surface area (Å²) in [5, 5.41) is 0. The maximum Gasteiger partial charge on any atom is -1.00 e. The Morgan fingerprint density at radius 3 is 1.70 bits per heavy atom. The van der Waals surface area contributed by atoms with Gasteiger partial charge in [0.05, 0.1) is 0 Å². The van der Waals surface area contributed by atoms with Gasteiger partial charge in [0.1, 0.15) is 0 Å². The smallest absolute Gasteiger partial charge is 1.00 e. The number of rotatable bonds is 4. The summed E-state index contributed by atoms with van der Waals surface area (Å²) in [5.41, 5.74) is 9.10. The van der Waals surface area contributed by atoms with Gasteiger partial charge in [0.15, 0.2) is 0 Å². The molecule has 0 unspecified atom stereocenters. The van der Waals surface area contributed by atoms with E-state index in [1.807, 2.05) is 0 Å². The predicted molar refractivity (Wildman–Crippen MR) is 120 cm³/mol. The Bertz CT molecular complexity index is 964. The van der Waals surface area contributed by atoms with E-state index in [4.69, 9.17) is 0 Å². The van der Waals surface area contributed by atoms with Crippen LogP contribution in [0.4, 0.5) is 0 Å². The van der Waals surface area contributed by atoms with E-state index in [1.165, 1.54) is 22.3 Å². The van der Waals surface area contributed by atoms with Crippen molar-refractivity contribution in [1.82, 2.24) is 0 Å². The fourth-order valence-corrected chi connectivity index (χ4v) is 9.96. The molecule has 158 valence electrons. The molecule has 0 fully saturated rings. The first-order chi connectivity index (χ1) is 13.4. The standard InChI is InChI=1S/C19H21.C5H5.C3H6.2ClH.Ti/c1-12(2)14-5-7-16-9-17-8-6-15(13(3)4)11-19(17)18(16)10-14;1-2-4-5-3-1;1-3-2;;;/h5-13H,1-4H3;1-3H,4H2;1-2H3;2*1H;/q;;;;;+2/p-2. The van der Waals surface area contributed by atoms with E-state index >= 15 is 0 Å². The van der Waals surface area contributed by atoms with Gasteiger partial charge >= 0.3 is 177 Å². The Labute approximate surface area is 201 Å². The largest absolute Gasteiger partial charge is 1.00 e. The fourth-order valence-electron chi connectivity index (χ4n) is 4.76. The first-order valence-corrected chi connectivity index (χ1v) is 13.2. The Kier molecular flexibility index (Phi) is 8.56. The molecule has 4 rings (SSSR count). The second-order valence-electron chi connectivity index (χ2n) is 9.17. The molecule has 2 aliphatic carbocycles. The summed E-state index contributed by atoms with van der Waals surface area (Å²) < 4.78 is 4.01. The Morgan fingerprint density at radius 1 is 0.833 bits per heavy atom. The molecule has 0 saturated carbocycles. The molecule has 0 spiro atoms. The van der Waals surface area contributed by atoms with E-state index in [2.05, 4.69) is 96.2 Å². The minimum atomic E-state index is -1.60. The average Bonchev–Trinajstić information content (AvgIpc) is 3.28. The molecule has 0 N–H and O–H groups in total. The number of fused-ring (bicyclic) bond motifs is 3. The summed E-state index contributed by atoms with van der Waals surface area (Å²) in [4.78, 5) is 0. The zero-order chi connectivity index (χ0) is 20.0. The maximum atomic E-state index is 2.49. The Balaban J connectivity index is 0.00000160. The molecule has 0 saturated heterocycles. The molecule has 2 aromatic carbocycles. The number of benzene rings is 2. The predicted octanol–water partition coefficient (Wildman–Crippen LogP) is 1.69. The van der Waals surface area contributed by atoms with Crippen molar-refractivity contribution in [1.29, 1.82) is 0 Å². The zero-order valence-corrected chi connectivity index (χ0v) is 22.0. The summed E-state index contributed by atoms with van der Waals surface area (Å²) >= 11 is -1.60. The van der Waals surface area contributed by atoms with Gasteiger partial charge in [-0.2, -0.15) is 0 Å². The van der Waals surface area contributed by atoms with Crippen LogP contribution in [0, 0.1) is 0 Å². The van der Waals surface area contributed by atoms with E-state index in [-0.39, 0.29) is 24.8 Å². The number of hydrogen-bond donors (Lipinski definition) is 0. The molecule has 0 atom stereocenters. The monoisotopic (exact) mass is 474 g/mol. The third kappa shape index (κ3) is 4.49. The first kappa shape index (κ1) is 25.3. The van der Waals surface area contributed by atoms with E-state index in [1.54, 1.807) is 18.8 Å². The van der Waals surface area contributed by atoms with E-state index in [0.29, 0.717) is 16.1 Å². The molecule has 0 aromatic heterocycles. The molecule has 0 nitrogen and oxygen atoms in total. The molecule has 0 radical (unpaired) electrons. The summed E-state index contributed by atoms with van der Waals surface area (Å²) in [7, 11) is 0. The van der Waals surface area contributed by atoms with Crippen molar-refractivity contribution in [3.8, 4) is 11.1 Å². The van der Waals surface area contributed by atoms with Gasteiger partial charge in [0.2, 0.25) is 0 Å². The van der Waals surface area contributed by atoms with Crippen molar-refractivity contribution < 1.29 is 42.2 Å². The molecule has 2 aromatic rings. The van der Waals surface area contributed by atoms with Gasteiger partial charge in [-0.3, -0.25) is 0 Å². The normalized spacial score (nSPS) is 13.9. The van der Waals surface area contributed by atoms with Crippen LogP contribution in [0.15, 0.2) is 58.5 Å². The van der Waals surface area contributed by atoms with Gasteiger partial charge in [0.25, 0.3) is 0 Å². The van der Waals surface area contributed by atoms with Crippen LogP contribution in [0.3, 0.4) is 0 Å². The average molecular weight is 475 g/mol. The molecule has 0 amide bonds. The second-order valence-corrected chi connectivity index (χ2v) is 13.9. The molecule has 0 heterocycles. The molecule has 0 aliphatic heterocycles. The maximum absolute atomic E-state index is 2.49. The molecule has 2 aliphatic rings. The van der Waals surface area contributed by atoms with E-state index < -0.39 is 17.4 Å². The topological polar surface area (TPSA) is 0 Å². The summed E-state index contributed by atoms with van der Waals surface area (Å²) in [5.74, 6) is 1.13. The van der Waals surface area contributed by atoms with Gasteiger partial charge in [-0.25, -0.2) is 0 Å². The number of hydrogen-bond acceptors (Lipinski definition) is 0. The van der Waals surface area contributed by atoms with E-state index in [0.717, 1.165) is 6.42 Å². The molecule has 0 bridgehead atoms. The first-order valence-electron chi connectivity index (χ1n) is 10.7. The molecular formula is C27H32Cl2Ti. The van der Waals surface area contributed by atoms with Crippen molar-refractivity contribution in [3.05, 3.63) is 80.8 Å². The second kappa shape index (κ2) is 10.1. The van der Waals surface area contributed by atoms with Gasteiger partial charge in [0, 0.05) is 0 Å². The van der Waals surface area contributed by atoms with Crippen LogP contribution in [-0.4, -0.2) is 3.81 Å². The SMILES string of the molecule is C[C](C)=[Ti+2]([C]1=CC=CC1)[CH]1c2ccc(C(C)C)cc2-c2cc(C(C)C)ccc21.[Cl-].[Cl-].